The summed E-state index contributed by atoms with van der Waals surface area (Å²) in [6.07, 6.45) is 5.36. The summed E-state index contributed by atoms with van der Waals surface area (Å²) in [6.45, 7) is 8.19. The van der Waals surface area contributed by atoms with Crippen molar-refractivity contribution in [1.82, 2.24) is 0 Å². The molecule has 0 saturated carbocycles. The molecule has 0 aliphatic carbocycles. The standard InChI is InChI=1S/C12H22O2/c1-5-9-10(11(13)14)12(6-2,7-3)8-4/h9H,5-8H2,1-4H3,(H,13,14). The Bertz CT molecular complexity index is 204. The topological polar surface area (TPSA) is 37.3 Å². The Labute approximate surface area is 87.0 Å². The third kappa shape index (κ3) is 2.60. The SMILES string of the molecule is CCC=C(C(=O)O)C(CC)(CC)CC. The van der Waals surface area contributed by atoms with Crippen LogP contribution in [-0.2, 0) is 4.79 Å². The van der Waals surface area contributed by atoms with Gasteiger partial charge in [0.2, 0.25) is 0 Å². The molecule has 2 heteroatoms. The highest BCUT2D eigenvalue weighted by atomic mass is 16.4. The fourth-order valence-electron chi connectivity index (χ4n) is 2.06. The van der Waals surface area contributed by atoms with E-state index in [1.807, 2.05) is 13.0 Å². The van der Waals surface area contributed by atoms with E-state index in [0.29, 0.717) is 5.57 Å². The van der Waals surface area contributed by atoms with E-state index in [9.17, 15) is 4.79 Å². The molecular weight excluding hydrogens is 176 g/mol. The van der Waals surface area contributed by atoms with Gasteiger partial charge in [0, 0.05) is 11.0 Å². The summed E-state index contributed by atoms with van der Waals surface area (Å²) < 4.78 is 0. The van der Waals surface area contributed by atoms with Gasteiger partial charge in [0.25, 0.3) is 0 Å². The number of aliphatic carboxylic acids is 1. The van der Waals surface area contributed by atoms with Crippen LogP contribution in [0.25, 0.3) is 0 Å². The zero-order chi connectivity index (χ0) is 11.2. The van der Waals surface area contributed by atoms with E-state index >= 15 is 0 Å². The van der Waals surface area contributed by atoms with Gasteiger partial charge >= 0.3 is 5.97 Å². The molecule has 0 unspecified atom stereocenters. The van der Waals surface area contributed by atoms with Crippen LogP contribution in [0.15, 0.2) is 11.6 Å². The molecule has 0 aromatic carbocycles. The minimum absolute atomic E-state index is 0.123. The molecule has 0 atom stereocenters. The molecule has 0 saturated heterocycles. The van der Waals surface area contributed by atoms with E-state index in [-0.39, 0.29) is 5.41 Å². The van der Waals surface area contributed by atoms with Crippen LogP contribution in [0.1, 0.15) is 53.4 Å². The number of carbonyl (C=O) groups is 1. The van der Waals surface area contributed by atoms with E-state index in [1.165, 1.54) is 0 Å². The highest BCUT2D eigenvalue weighted by molar-refractivity contribution is 5.88. The van der Waals surface area contributed by atoms with Crippen molar-refractivity contribution < 1.29 is 9.90 Å². The zero-order valence-corrected chi connectivity index (χ0v) is 9.76. The minimum Gasteiger partial charge on any atom is -0.478 e. The van der Waals surface area contributed by atoms with Crippen LogP contribution >= 0.6 is 0 Å². The summed E-state index contributed by atoms with van der Waals surface area (Å²) in [6, 6.07) is 0. The fourth-order valence-corrected chi connectivity index (χ4v) is 2.06. The number of rotatable bonds is 6. The van der Waals surface area contributed by atoms with Gasteiger partial charge in [-0.15, -0.1) is 0 Å². The first-order chi connectivity index (χ1) is 6.57. The minimum atomic E-state index is -0.752. The van der Waals surface area contributed by atoms with Gasteiger partial charge in [0.05, 0.1) is 0 Å². The summed E-state index contributed by atoms with van der Waals surface area (Å²) in [5.41, 5.74) is 0.481. The molecule has 0 amide bonds. The molecule has 14 heavy (non-hydrogen) atoms. The van der Waals surface area contributed by atoms with Crippen LogP contribution in [0.4, 0.5) is 0 Å². The third-order valence-corrected chi connectivity index (χ3v) is 3.24. The Morgan fingerprint density at radius 3 is 1.79 bits per heavy atom. The molecule has 0 rings (SSSR count). The smallest absolute Gasteiger partial charge is 0.331 e. The van der Waals surface area contributed by atoms with E-state index in [4.69, 9.17) is 5.11 Å². The normalized spacial score (nSPS) is 13.0. The number of hydrogen-bond donors (Lipinski definition) is 1. The van der Waals surface area contributed by atoms with E-state index in [2.05, 4.69) is 20.8 Å². The lowest BCUT2D eigenvalue weighted by atomic mass is 9.73. The predicted octanol–water partition coefficient (Wildman–Crippen LogP) is 3.62. The Kier molecular flexibility index (Phi) is 5.51. The highest BCUT2D eigenvalue weighted by Gasteiger charge is 2.32. The lowest BCUT2D eigenvalue weighted by molar-refractivity contribution is -0.134. The first-order valence-corrected chi connectivity index (χ1v) is 5.51. The lowest BCUT2D eigenvalue weighted by Gasteiger charge is -2.31. The maximum absolute atomic E-state index is 11.1. The second-order valence-electron chi connectivity index (χ2n) is 3.67. The van der Waals surface area contributed by atoms with Crippen LogP contribution in [0.2, 0.25) is 0 Å². The summed E-state index contributed by atoms with van der Waals surface area (Å²) in [7, 11) is 0. The van der Waals surface area contributed by atoms with Gasteiger partial charge in [0.15, 0.2) is 0 Å². The van der Waals surface area contributed by atoms with Gasteiger partial charge in [-0.3, -0.25) is 0 Å². The molecule has 0 aliphatic heterocycles. The van der Waals surface area contributed by atoms with Crippen LogP contribution in [0.3, 0.4) is 0 Å². The number of allylic oxidation sites excluding steroid dienone is 1. The van der Waals surface area contributed by atoms with Crippen molar-refractivity contribution in [3.8, 4) is 0 Å². The quantitative estimate of drug-likeness (QED) is 0.662. The van der Waals surface area contributed by atoms with Crippen LogP contribution in [0.5, 0.6) is 0 Å². The average molecular weight is 198 g/mol. The van der Waals surface area contributed by atoms with Crippen molar-refractivity contribution in [2.75, 3.05) is 0 Å². The molecule has 2 nitrogen and oxygen atoms in total. The van der Waals surface area contributed by atoms with Crippen LogP contribution in [0, 0.1) is 5.41 Å². The average Bonchev–Trinajstić information content (AvgIpc) is 2.19. The van der Waals surface area contributed by atoms with Crippen LogP contribution in [-0.4, -0.2) is 11.1 Å². The molecule has 0 aromatic rings. The Balaban J connectivity index is 5.11. The maximum Gasteiger partial charge on any atom is 0.331 e. The van der Waals surface area contributed by atoms with E-state index in [0.717, 1.165) is 25.7 Å². The van der Waals surface area contributed by atoms with E-state index < -0.39 is 5.97 Å². The lowest BCUT2D eigenvalue weighted by Crippen LogP contribution is -2.26. The molecular formula is C12H22O2. The monoisotopic (exact) mass is 198 g/mol. The van der Waals surface area contributed by atoms with Crippen LogP contribution < -0.4 is 0 Å². The first kappa shape index (κ1) is 13.2. The second-order valence-corrected chi connectivity index (χ2v) is 3.67. The molecule has 0 spiro atoms. The predicted molar refractivity (Wildman–Crippen MR) is 59.3 cm³/mol. The summed E-state index contributed by atoms with van der Waals surface area (Å²) in [5.74, 6) is -0.752. The van der Waals surface area contributed by atoms with Gasteiger partial charge in [0.1, 0.15) is 0 Å². The Hall–Kier alpha value is -0.790. The van der Waals surface area contributed by atoms with Crippen molar-refractivity contribution in [3.63, 3.8) is 0 Å². The van der Waals surface area contributed by atoms with Gasteiger partial charge in [-0.25, -0.2) is 4.79 Å². The largest absolute Gasteiger partial charge is 0.478 e. The molecule has 0 aromatic heterocycles. The van der Waals surface area contributed by atoms with Crippen molar-refractivity contribution in [3.05, 3.63) is 11.6 Å². The number of carboxylic acid groups (broad SMARTS) is 1. The molecule has 82 valence electrons. The van der Waals surface area contributed by atoms with Gasteiger partial charge in [-0.2, -0.15) is 0 Å². The fraction of sp³-hybridized carbons (Fsp3) is 0.750. The van der Waals surface area contributed by atoms with Gasteiger partial charge < -0.3 is 5.11 Å². The van der Waals surface area contributed by atoms with Crippen molar-refractivity contribution in [2.24, 2.45) is 5.41 Å². The molecule has 1 N–H and O–H groups in total. The summed E-state index contributed by atoms with van der Waals surface area (Å²) in [5, 5.41) is 9.17. The maximum atomic E-state index is 11.1. The number of hydrogen-bond acceptors (Lipinski definition) is 1. The first-order valence-electron chi connectivity index (χ1n) is 5.51. The van der Waals surface area contributed by atoms with Crippen molar-refractivity contribution in [1.29, 1.82) is 0 Å². The summed E-state index contributed by atoms with van der Waals surface area (Å²) >= 11 is 0. The zero-order valence-electron chi connectivity index (χ0n) is 9.76. The Morgan fingerprint density at radius 2 is 1.57 bits per heavy atom. The summed E-state index contributed by atoms with van der Waals surface area (Å²) in [4.78, 5) is 11.1. The molecule has 0 fully saturated rings. The Morgan fingerprint density at radius 1 is 1.14 bits per heavy atom. The van der Waals surface area contributed by atoms with Crippen molar-refractivity contribution >= 4 is 5.97 Å². The van der Waals surface area contributed by atoms with Gasteiger partial charge in [-0.05, 0) is 25.7 Å². The van der Waals surface area contributed by atoms with Gasteiger partial charge in [-0.1, -0.05) is 33.8 Å². The highest BCUT2D eigenvalue weighted by Crippen LogP contribution is 2.38. The third-order valence-electron chi connectivity index (χ3n) is 3.24. The second kappa shape index (κ2) is 5.84. The van der Waals surface area contributed by atoms with E-state index in [1.54, 1.807) is 0 Å². The molecule has 0 aliphatic rings. The molecule has 0 radical (unpaired) electrons. The molecule has 0 heterocycles. The number of carboxylic acids is 1. The van der Waals surface area contributed by atoms with Crippen molar-refractivity contribution in [2.45, 2.75) is 53.4 Å². The molecule has 0 bridgehead atoms.